The molecular formula is C26H23NO4S. The Hall–Kier alpha value is -3.71. The molecule has 6 heteroatoms. The Morgan fingerprint density at radius 1 is 0.562 bits per heavy atom. The van der Waals surface area contributed by atoms with E-state index in [-0.39, 0.29) is 11.9 Å². The quantitative estimate of drug-likeness (QED) is 0.226. The van der Waals surface area contributed by atoms with Gasteiger partial charge in [-0.25, -0.2) is 8.42 Å². The highest BCUT2D eigenvalue weighted by atomic mass is 32.3. The lowest BCUT2D eigenvalue weighted by molar-refractivity contribution is 0.372. The maximum Gasteiger partial charge on any atom is 0.262 e. The van der Waals surface area contributed by atoms with Crippen molar-refractivity contribution in [2.75, 3.05) is 0 Å². The summed E-state index contributed by atoms with van der Waals surface area (Å²) < 4.78 is 39.1. The van der Waals surface area contributed by atoms with Crippen molar-refractivity contribution in [3.05, 3.63) is 138 Å². The van der Waals surface area contributed by atoms with Gasteiger partial charge in [-0.2, -0.15) is 0 Å². The van der Waals surface area contributed by atoms with Crippen LogP contribution in [0.3, 0.4) is 0 Å². The van der Waals surface area contributed by atoms with Gasteiger partial charge in [0.05, 0.1) is 0 Å². The van der Waals surface area contributed by atoms with Crippen LogP contribution in [-0.4, -0.2) is 13.0 Å². The molecule has 0 aliphatic heterocycles. The van der Waals surface area contributed by atoms with Crippen LogP contribution in [0.4, 0.5) is 0 Å². The third-order valence-electron chi connectivity index (χ3n) is 4.79. The fourth-order valence-electron chi connectivity index (χ4n) is 3.56. The molecule has 4 rings (SSSR count). The number of hydrogen-bond donors (Lipinski definition) is 1. The largest absolute Gasteiger partial charge is 0.716 e. The topological polar surface area (TPSA) is 103 Å². The van der Waals surface area contributed by atoms with Gasteiger partial charge >= 0.3 is 0 Å². The molecular weight excluding hydrogens is 422 g/mol. The van der Waals surface area contributed by atoms with E-state index >= 15 is 0 Å². The summed E-state index contributed by atoms with van der Waals surface area (Å²) in [6.07, 6.45) is 0. The second kappa shape index (κ2) is 10.1. The third kappa shape index (κ3) is 5.31. The van der Waals surface area contributed by atoms with Crippen LogP contribution < -0.4 is 10.3 Å². The molecule has 0 unspecified atom stereocenters. The number of para-hydroxylation sites is 1. The van der Waals surface area contributed by atoms with Gasteiger partial charge in [0.25, 0.3) is 10.4 Å². The fraction of sp³-hybridized carbons (Fsp3) is 0. The van der Waals surface area contributed by atoms with E-state index in [1.54, 1.807) is 18.2 Å². The summed E-state index contributed by atoms with van der Waals surface area (Å²) in [5, 5.41) is 0. The molecule has 4 aromatic carbocycles. The lowest BCUT2D eigenvalue weighted by Gasteiger charge is -2.20. The summed E-state index contributed by atoms with van der Waals surface area (Å²) in [6.45, 7) is 0. The Labute approximate surface area is 188 Å². The molecule has 5 nitrogen and oxygen atoms in total. The van der Waals surface area contributed by atoms with Crippen molar-refractivity contribution in [2.24, 2.45) is 0 Å². The molecule has 0 amide bonds. The fourth-order valence-corrected chi connectivity index (χ4v) is 3.93. The molecule has 0 heterocycles. The Morgan fingerprint density at radius 3 is 1.38 bits per heavy atom. The average molecular weight is 446 g/mol. The summed E-state index contributed by atoms with van der Waals surface area (Å²) in [4.78, 5) is 0. The van der Waals surface area contributed by atoms with Crippen molar-refractivity contribution < 1.29 is 17.2 Å². The summed E-state index contributed by atoms with van der Waals surface area (Å²) in [5.41, 5.74) is 4.93. The van der Waals surface area contributed by atoms with Crippen molar-refractivity contribution in [1.29, 1.82) is 0 Å². The van der Waals surface area contributed by atoms with Crippen molar-refractivity contribution >= 4 is 21.5 Å². The van der Waals surface area contributed by atoms with Crippen LogP contribution in [0.1, 0.15) is 22.3 Å². The van der Waals surface area contributed by atoms with Gasteiger partial charge in [0, 0.05) is 11.1 Å². The molecule has 4 N–H and O–H groups in total. The molecule has 0 saturated carbocycles. The van der Waals surface area contributed by atoms with E-state index in [0.717, 1.165) is 27.8 Å². The first-order chi connectivity index (χ1) is 15.0. The third-order valence-corrected chi connectivity index (χ3v) is 5.17. The number of benzene rings is 4. The zero-order valence-corrected chi connectivity index (χ0v) is 18.3. The summed E-state index contributed by atoms with van der Waals surface area (Å²) in [6, 6.07) is 36.0. The van der Waals surface area contributed by atoms with Gasteiger partial charge in [0.15, 0.2) is 0 Å². The first kappa shape index (κ1) is 23.0. The van der Waals surface area contributed by atoms with Gasteiger partial charge in [-0.05, 0) is 28.3 Å². The van der Waals surface area contributed by atoms with Crippen molar-refractivity contribution in [3.8, 4) is 5.75 Å². The van der Waals surface area contributed by atoms with Gasteiger partial charge in [-0.15, -0.1) is 0 Å². The minimum Gasteiger partial charge on any atom is -0.716 e. The minimum absolute atomic E-state index is 0. The predicted octanol–water partition coefficient (Wildman–Crippen LogP) is 5.91. The van der Waals surface area contributed by atoms with Crippen LogP contribution in [0, 0.1) is 0 Å². The Bertz CT molecular complexity index is 1260. The lowest BCUT2D eigenvalue weighted by Crippen LogP contribution is -2.09. The molecule has 162 valence electrons. The van der Waals surface area contributed by atoms with Gasteiger partial charge in [-0.1, -0.05) is 109 Å². The molecule has 0 spiro atoms. The monoisotopic (exact) mass is 445 g/mol. The first-order valence-corrected chi connectivity index (χ1v) is 11.0. The van der Waals surface area contributed by atoms with Crippen LogP contribution in [0.25, 0.3) is 11.1 Å². The zero-order valence-electron chi connectivity index (χ0n) is 17.5. The highest BCUT2D eigenvalue weighted by Gasteiger charge is 2.19. The first-order valence-electron chi connectivity index (χ1n) is 9.68. The van der Waals surface area contributed by atoms with E-state index in [1.807, 2.05) is 91.0 Å². The highest BCUT2D eigenvalue weighted by Crippen LogP contribution is 2.40. The second-order valence-corrected chi connectivity index (χ2v) is 7.82. The van der Waals surface area contributed by atoms with Gasteiger partial charge < -0.3 is 14.9 Å². The van der Waals surface area contributed by atoms with Crippen LogP contribution in [0.15, 0.2) is 115 Å². The predicted molar refractivity (Wildman–Crippen MR) is 127 cm³/mol. The normalized spacial score (nSPS) is 10.7. The molecule has 0 aliphatic carbocycles. The van der Waals surface area contributed by atoms with Gasteiger partial charge in [-0.3, -0.25) is 0 Å². The van der Waals surface area contributed by atoms with E-state index in [1.165, 1.54) is 6.07 Å². The summed E-state index contributed by atoms with van der Waals surface area (Å²) >= 11 is 0. The number of hydrogen-bond acceptors (Lipinski definition) is 4. The van der Waals surface area contributed by atoms with Gasteiger partial charge in [0.2, 0.25) is 0 Å². The van der Waals surface area contributed by atoms with E-state index in [9.17, 15) is 13.0 Å². The Kier molecular flexibility index (Phi) is 7.22. The molecule has 32 heavy (non-hydrogen) atoms. The number of quaternary nitrogens is 1. The van der Waals surface area contributed by atoms with Crippen molar-refractivity contribution in [1.82, 2.24) is 6.15 Å². The molecule has 0 atom stereocenters. The lowest BCUT2D eigenvalue weighted by atomic mass is 9.85. The molecule has 0 saturated heterocycles. The smallest absolute Gasteiger partial charge is 0.262 e. The standard InChI is InChI=1S/C26H20O4S.H3N/c27-31(28,29)30-24-19-11-10-18-23(24)26(22-16-8-3-9-17-22)25(20-12-4-1-5-13-20)21-14-6-2-7-15-21;/h1-19H,(H,27,28,29);1H3. The molecule has 0 aromatic heterocycles. The summed E-state index contributed by atoms with van der Waals surface area (Å²) in [7, 11) is -4.94. The van der Waals surface area contributed by atoms with Crippen LogP contribution in [0.2, 0.25) is 0 Å². The Morgan fingerprint density at radius 2 is 0.938 bits per heavy atom. The SMILES string of the molecule is O=S(=O)([O-])Oc1ccccc1C(=C(c1ccccc1)c1ccccc1)c1ccccc1.[NH4+]. The maximum absolute atomic E-state index is 11.4. The van der Waals surface area contributed by atoms with E-state index in [2.05, 4.69) is 0 Å². The minimum atomic E-state index is -4.94. The van der Waals surface area contributed by atoms with E-state index in [4.69, 9.17) is 4.18 Å². The molecule has 0 fully saturated rings. The molecule has 0 aliphatic rings. The average Bonchev–Trinajstić information content (AvgIpc) is 2.79. The maximum atomic E-state index is 11.4. The van der Waals surface area contributed by atoms with Crippen molar-refractivity contribution in [3.63, 3.8) is 0 Å². The highest BCUT2D eigenvalue weighted by molar-refractivity contribution is 7.81. The molecule has 0 bridgehead atoms. The van der Waals surface area contributed by atoms with Crippen molar-refractivity contribution in [2.45, 2.75) is 0 Å². The Balaban J connectivity index is 0.00000289. The van der Waals surface area contributed by atoms with Crippen LogP contribution >= 0.6 is 0 Å². The second-order valence-electron chi connectivity index (χ2n) is 6.84. The summed E-state index contributed by atoms with van der Waals surface area (Å²) in [5.74, 6) is -0.0132. The van der Waals surface area contributed by atoms with Crippen LogP contribution in [-0.2, 0) is 10.4 Å². The van der Waals surface area contributed by atoms with E-state index < -0.39 is 10.4 Å². The zero-order chi connectivity index (χ0) is 21.7. The number of rotatable bonds is 6. The van der Waals surface area contributed by atoms with Gasteiger partial charge in [0.1, 0.15) is 5.75 Å². The van der Waals surface area contributed by atoms with Crippen LogP contribution in [0.5, 0.6) is 5.75 Å². The molecule has 4 aromatic rings. The molecule has 0 radical (unpaired) electrons. The van der Waals surface area contributed by atoms with E-state index in [0.29, 0.717) is 5.56 Å².